The Labute approximate surface area is 144 Å². The van der Waals surface area contributed by atoms with Gasteiger partial charge < -0.3 is 15.2 Å². The predicted molar refractivity (Wildman–Crippen MR) is 96.1 cm³/mol. The van der Waals surface area contributed by atoms with Crippen molar-refractivity contribution in [3.05, 3.63) is 52.8 Å². The van der Waals surface area contributed by atoms with Gasteiger partial charge in [0, 0.05) is 41.6 Å². The highest BCUT2D eigenvalue weighted by Gasteiger charge is 2.25. The van der Waals surface area contributed by atoms with Crippen molar-refractivity contribution in [1.82, 2.24) is 14.9 Å². The fourth-order valence-corrected chi connectivity index (χ4v) is 3.15. The maximum Gasteiger partial charge on any atom is 0.256 e. The summed E-state index contributed by atoms with van der Waals surface area (Å²) in [6.45, 7) is 3.65. The minimum Gasteiger partial charge on any atom is -0.358 e. The van der Waals surface area contributed by atoms with E-state index in [-0.39, 0.29) is 5.91 Å². The van der Waals surface area contributed by atoms with Gasteiger partial charge in [-0.25, -0.2) is 4.98 Å². The number of halogens is 1. The summed E-state index contributed by atoms with van der Waals surface area (Å²) in [6, 6.07) is 7.46. The monoisotopic (exact) mass is 340 g/mol. The number of H-pyrrole nitrogens is 1. The molecule has 0 aliphatic carbocycles. The number of carbonyl (C=O) groups is 1. The Morgan fingerprint density at radius 2 is 2.21 bits per heavy atom. The maximum absolute atomic E-state index is 12.6. The Kier molecular flexibility index (Phi) is 3.65. The Morgan fingerprint density at radius 1 is 1.38 bits per heavy atom. The van der Waals surface area contributed by atoms with Gasteiger partial charge in [-0.05, 0) is 37.1 Å². The predicted octanol–water partition coefficient (Wildman–Crippen LogP) is 4.11. The quantitative estimate of drug-likeness (QED) is 0.754. The van der Waals surface area contributed by atoms with Crippen LogP contribution in [0, 0.1) is 6.92 Å². The molecule has 1 aliphatic heterocycles. The van der Waals surface area contributed by atoms with Gasteiger partial charge in [-0.3, -0.25) is 4.79 Å². The fraction of sp³-hybridized carbons (Fsp3) is 0.222. The van der Waals surface area contributed by atoms with Crippen molar-refractivity contribution in [1.29, 1.82) is 0 Å². The number of benzene rings is 1. The number of aromatic amines is 1. The molecule has 0 saturated carbocycles. The highest BCUT2D eigenvalue weighted by molar-refractivity contribution is 6.30. The molecule has 1 aliphatic rings. The van der Waals surface area contributed by atoms with Gasteiger partial charge in [-0.2, -0.15) is 0 Å². The summed E-state index contributed by atoms with van der Waals surface area (Å²) in [4.78, 5) is 22.2. The van der Waals surface area contributed by atoms with Crippen LogP contribution in [-0.2, 0) is 0 Å². The number of hydrogen-bond donors (Lipinski definition) is 2. The van der Waals surface area contributed by atoms with Crippen LogP contribution in [-0.4, -0.2) is 33.9 Å². The van der Waals surface area contributed by atoms with Gasteiger partial charge in [0.15, 0.2) is 5.82 Å². The van der Waals surface area contributed by atoms with Gasteiger partial charge in [0.2, 0.25) is 0 Å². The molecule has 24 heavy (non-hydrogen) atoms. The van der Waals surface area contributed by atoms with Crippen LogP contribution in [0.5, 0.6) is 0 Å². The van der Waals surface area contributed by atoms with Crippen LogP contribution in [0.2, 0.25) is 5.02 Å². The number of hydrogen-bond acceptors (Lipinski definition) is 3. The zero-order valence-corrected chi connectivity index (χ0v) is 14.0. The number of carbonyl (C=O) groups excluding carboxylic acids is 1. The Balaban J connectivity index is 1.77. The van der Waals surface area contributed by atoms with Crippen molar-refractivity contribution in [2.75, 3.05) is 18.4 Å². The SMILES string of the molecule is Cc1c[nH]c2c(Nc3cccc(Cl)c3)ncc(C(=O)N3CCC3)c12. The number of pyridine rings is 1. The van der Waals surface area contributed by atoms with Crippen LogP contribution in [0.1, 0.15) is 22.3 Å². The van der Waals surface area contributed by atoms with Gasteiger partial charge >= 0.3 is 0 Å². The maximum atomic E-state index is 12.6. The lowest BCUT2D eigenvalue weighted by molar-refractivity contribution is 0.0653. The molecule has 1 fully saturated rings. The highest BCUT2D eigenvalue weighted by Crippen LogP contribution is 2.30. The van der Waals surface area contributed by atoms with Crippen molar-refractivity contribution in [2.45, 2.75) is 13.3 Å². The molecule has 3 heterocycles. The Bertz CT molecular complexity index is 930. The number of aromatic nitrogens is 2. The largest absolute Gasteiger partial charge is 0.358 e. The molecule has 0 bridgehead atoms. The summed E-state index contributed by atoms with van der Waals surface area (Å²) < 4.78 is 0. The molecule has 4 rings (SSSR count). The van der Waals surface area contributed by atoms with Gasteiger partial charge in [-0.15, -0.1) is 0 Å². The number of amides is 1. The topological polar surface area (TPSA) is 61.0 Å². The zero-order chi connectivity index (χ0) is 16.7. The second kappa shape index (κ2) is 5.83. The highest BCUT2D eigenvalue weighted by atomic mass is 35.5. The van der Waals surface area contributed by atoms with Crippen LogP contribution in [0.25, 0.3) is 10.9 Å². The number of rotatable bonds is 3. The molecule has 0 atom stereocenters. The van der Waals surface area contributed by atoms with Crippen LogP contribution in [0.15, 0.2) is 36.7 Å². The number of aryl methyl sites for hydroxylation is 1. The second-order valence-corrected chi connectivity index (χ2v) is 6.46. The first kappa shape index (κ1) is 15.0. The summed E-state index contributed by atoms with van der Waals surface area (Å²) in [5.41, 5.74) is 3.37. The van der Waals surface area contributed by atoms with E-state index in [0.29, 0.717) is 16.4 Å². The van der Waals surface area contributed by atoms with E-state index in [1.807, 2.05) is 42.3 Å². The number of anilines is 2. The molecule has 122 valence electrons. The summed E-state index contributed by atoms with van der Waals surface area (Å²) in [5, 5.41) is 4.85. The van der Waals surface area contributed by atoms with Crippen molar-refractivity contribution in [3.8, 4) is 0 Å². The van der Waals surface area contributed by atoms with E-state index in [2.05, 4.69) is 15.3 Å². The second-order valence-electron chi connectivity index (χ2n) is 6.02. The van der Waals surface area contributed by atoms with Gasteiger partial charge in [0.1, 0.15) is 0 Å². The van der Waals surface area contributed by atoms with Crippen LogP contribution in [0.3, 0.4) is 0 Å². The van der Waals surface area contributed by atoms with E-state index in [0.717, 1.165) is 41.7 Å². The average Bonchev–Trinajstić information content (AvgIpc) is 2.89. The van der Waals surface area contributed by atoms with Crippen molar-refractivity contribution >= 4 is 39.9 Å². The summed E-state index contributed by atoms with van der Waals surface area (Å²) >= 11 is 6.04. The Hall–Kier alpha value is -2.53. The summed E-state index contributed by atoms with van der Waals surface area (Å²) in [6.07, 6.45) is 4.64. The van der Waals surface area contributed by atoms with Crippen LogP contribution >= 0.6 is 11.6 Å². The third-order valence-corrected chi connectivity index (χ3v) is 4.60. The minimum atomic E-state index is 0.0516. The molecule has 1 aromatic carbocycles. The molecule has 2 N–H and O–H groups in total. The van der Waals surface area contributed by atoms with Gasteiger partial charge in [0.05, 0.1) is 11.1 Å². The lowest BCUT2D eigenvalue weighted by Gasteiger charge is -2.31. The molecule has 2 aromatic heterocycles. The first-order valence-corrected chi connectivity index (χ1v) is 8.30. The van der Waals surface area contributed by atoms with E-state index < -0.39 is 0 Å². The number of nitrogens with zero attached hydrogens (tertiary/aromatic N) is 2. The molecule has 0 unspecified atom stereocenters. The molecule has 1 saturated heterocycles. The van der Waals surface area contributed by atoms with Gasteiger partial charge in [-0.1, -0.05) is 17.7 Å². The smallest absolute Gasteiger partial charge is 0.256 e. The lowest BCUT2D eigenvalue weighted by atomic mass is 10.1. The molecular formula is C18H17ClN4O. The van der Waals surface area contributed by atoms with E-state index >= 15 is 0 Å². The first-order valence-electron chi connectivity index (χ1n) is 7.92. The normalized spacial score (nSPS) is 13.8. The molecule has 0 spiro atoms. The number of fused-ring (bicyclic) bond motifs is 1. The van der Waals surface area contributed by atoms with Crippen molar-refractivity contribution in [3.63, 3.8) is 0 Å². The van der Waals surface area contributed by atoms with Crippen molar-refractivity contribution < 1.29 is 4.79 Å². The standard InChI is InChI=1S/C18H17ClN4O/c1-11-9-20-16-15(11)14(18(24)23-6-3-7-23)10-21-17(16)22-13-5-2-4-12(19)8-13/h2,4-5,8-10,20H,3,6-7H2,1H3,(H,21,22). The number of likely N-dealkylation sites (tertiary alicyclic amines) is 1. The van der Waals surface area contributed by atoms with E-state index in [1.165, 1.54) is 0 Å². The fourth-order valence-electron chi connectivity index (χ4n) is 2.96. The molecule has 6 heteroatoms. The summed E-state index contributed by atoms with van der Waals surface area (Å²) in [5.74, 6) is 0.733. The minimum absolute atomic E-state index is 0.0516. The molecule has 1 amide bonds. The molecule has 3 aromatic rings. The van der Waals surface area contributed by atoms with Gasteiger partial charge in [0.25, 0.3) is 5.91 Å². The zero-order valence-electron chi connectivity index (χ0n) is 13.3. The Morgan fingerprint density at radius 3 is 2.92 bits per heavy atom. The van der Waals surface area contributed by atoms with Crippen LogP contribution in [0.4, 0.5) is 11.5 Å². The van der Waals surface area contributed by atoms with E-state index in [4.69, 9.17) is 11.6 Å². The molecule has 5 nitrogen and oxygen atoms in total. The molecule has 0 radical (unpaired) electrons. The van der Waals surface area contributed by atoms with Crippen molar-refractivity contribution in [2.24, 2.45) is 0 Å². The summed E-state index contributed by atoms with van der Waals surface area (Å²) in [7, 11) is 0. The lowest BCUT2D eigenvalue weighted by Crippen LogP contribution is -2.42. The third kappa shape index (κ3) is 2.51. The van der Waals surface area contributed by atoms with Crippen LogP contribution < -0.4 is 5.32 Å². The van der Waals surface area contributed by atoms with E-state index in [1.54, 1.807) is 6.20 Å². The number of nitrogens with one attached hydrogen (secondary N) is 2. The van der Waals surface area contributed by atoms with E-state index in [9.17, 15) is 4.79 Å². The third-order valence-electron chi connectivity index (χ3n) is 4.37. The average molecular weight is 341 g/mol. The first-order chi connectivity index (χ1) is 11.6. The molecular weight excluding hydrogens is 324 g/mol.